The van der Waals surface area contributed by atoms with Gasteiger partial charge < -0.3 is 19.1 Å². The van der Waals surface area contributed by atoms with Gasteiger partial charge >= 0.3 is 0 Å². The summed E-state index contributed by atoms with van der Waals surface area (Å²) in [7, 11) is 3.24. The second kappa shape index (κ2) is 8.70. The Morgan fingerprint density at radius 1 is 1.15 bits per heavy atom. The third-order valence-electron chi connectivity index (χ3n) is 6.34. The van der Waals surface area contributed by atoms with Crippen LogP contribution in [-0.2, 0) is 10.4 Å². The van der Waals surface area contributed by atoms with Gasteiger partial charge in [0.1, 0.15) is 12.9 Å². The maximum absolute atomic E-state index is 5.69. The molecule has 0 amide bonds. The quantitative estimate of drug-likeness (QED) is 0.468. The maximum atomic E-state index is 5.69. The van der Waals surface area contributed by atoms with Crippen LogP contribution in [0.3, 0.4) is 0 Å². The van der Waals surface area contributed by atoms with Crippen molar-refractivity contribution in [2.24, 2.45) is 10.1 Å². The van der Waals surface area contributed by atoms with Crippen LogP contribution in [-0.4, -0.2) is 39.9 Å². The van der Waals surface area contributed by atoms with E-state index in [4.69, 9.17) is 14.6 Å². The van der Waals surface area contributed by atoms with E-state index in [1.54, 1.807) is 20.5 Å². The summed E-state index contributed by atoms with van der Waals surface area (Å²) in [5.41, 5.74) is 5.20. The molecule has 3 heterocycles. The fourth-order valence-corrected chi connectivity index (χ4v) is 4.59. The van der Waals surface area contributed by atoms with Crippen molar-refractivity contribution < 1.29 is 9.57 Å². The lowest BCUT2D eigenvalue weighted by atomic mass is 9.87. The second-order valence-electron chi connectivity index (χ2n) is 8.56. The molecule has 5 rings (SSSR count). The number of hydrogen-bond acceptors (Lipinski definition) is 5. The van der Waals surface area contributed by atoms with E-state index in [0.717, 1.165) is 46.6 Å². The van der Waals surface area contributed by atoms with Gasteiger partial charge in [0, 0.05) is 12.7 Å². The predicted molar refractivity (Wildman–Crippen MR) is 129 cm³/mol. The molecule has 8 nitrogen and oxygen atoms in total. The zero-order valence-corrected chi connectivity index (χ0v) is 19.8. The molecule has 1 aliphatic rings. The highest BCUT2D eigenvalue weighted by Crippen LogP contribution is 2.28. The number of ether oxygens (including phenoxy) is 1. The first-order valence-corrected chi connectivity index (χ1v) is 11.2. The van der Waals surface area contributed by atoms with Crippen molar-refractivity contribution in [2.75, 3.05) is 20.8 Å². The minimum absolute atomic E-state index is 0.306. The van der Waals surface area contributed by atoms with Gasteiger partial charge in [0.2, 0.25) is 5.62 Å². The third kappa shape index (κ3) is 3.71. The number of nitrogens with one attached hydrogen (secondary N) is 1. The topological polar surface area (TPSA) is 81.7 Å². The number of aryl methyl sites for hydroxylation is 1. The van der Waals surface area contributed by atoms with Gasteiger partial charge in [0.05, 0.1) is 35.7 Å². The number of aromatic nitrogens is 4. The highest BCUT2D eigenvalue weighted by Gasteiger charge is 2.33. The van der Waals surface area contributed by atoms with Gasteiger partial charge in [-0.2, -0.15) is 0 Å². The Labute approximate surface area is 197 Å². The molecule has 4 aromatic rings. The van der Waals surface area contributed by atoms with Crippen LogP contribution >= 0.6 is 0 Å². The summed E-state index contributed by atoms with van der Waals surface area (Å²) in [5.74, 6) is 0.749. The van der Waals surface area contributed by atoms with Crippen LogP contribution in [0.4, 0.5) is 0 Å². The van der Waals surface area contributed by atoms with Gasteiger partial charge in [-0.25, -0.2) is 4.98 Å². The number of hydrogen-bond donors (Lipinski definition) is 1. The molecule has 1 aliphatic heterocycles. The zero-order chi connectivity index (χ0) is 23.7. The molecule has 0 bridgehead atoms. The molecular weight excluding hydrogens is 428 g/mol. The average molecular weight is 457 g/mol. The molecular formula is C26H28N6O2. The standard InChI is InChI=1S/C26H28N6O2/c1-18-16-31(17-28-18)22-11-10-19(15-23(22)33-3)14-21-24(30-34-4)32-25(29-21)27-13-12-26(32,2)20-8-6-5-7-9-20/h5-11,14-17H,12-13H2,1-4H3,(H,27,29)/b21-14-,30-24?. The number of benzene rings is 2. The Hall–Kier alpha value is -4.07. The van der Waals surface area contributed by atoms with Gasteiger partial charge in [0.15, 0.2) is 5.49 Å². The molecule has 0 saturated carbocycles. The smallest absolute Gasteiger partial charge is 0.205 e. The predicted octanol–water partition coefficient (Wildman–Crippen LogP) is 2.40. The van der Waals surface area contributed by atoms with Crippen molar-refractivity contribution in [3.05, 3.63) is 94.3 Å². The Morgan fingerprint density at radius 2 is 1.97 bits per heavy atom. The minimum atomic E-state index is -0.306. The largest absolute Gasteiger partial charge is 0.495 e. The molecule has 0 spiro atoms. The molecule has 1 unspecified atom stereocenters. The molecule has 2 aromatic carbocycles. The van der Waals surface area contributed by atoms with Crippen LogP contribution in [0.25, 0.3) is 11.8 Å². The van der Waals surface area contributed by atoms with Crippen molar-refractivity contribution in [2.45, 2.75) is 25.8 Å². The van der Waals surface area contributed by atoms with Crippen LogP contribution in [0.15, 0.2) is 71.2 Å². The highest BCUT2D eigenvalue weighted by molar-refractivity contribution is 5.58. The normalized spacial score (nSPS) is 18.5. The fourth-order valence-electron chi connectivity index (χ4n) is 4.59. The zero-order valence-electron chi connectivity index (χ0n) is 19.8. The summed E-state index contributed by atoms with van der Waals surface area (Å²) < 4.78 is 9.78. The number of aromatic amines is 1. The van der Waals surface area contributed by atoms with E-state index in [-0.39, 0.29) is 5.54 Å². The summed E-state index contributed by atoms with van der Waals surface area (Å²) in [4.78, 5) is 17.8. The van der Waals surface area contributed by atoms with Gasteiger partial charge in [0.25, 0.3) is 0 Å². The van der Waals surface area contributed by atoms with E-state index >= 15 is 0 Å². The van der Waals surface area contributed by atoms with E-state index in [1.165, 1.54) is 5.56 Å². The van der Waals surface area contributed by atoms with Crippen LogP contribution in [0.2, 0.25) is 0 Å². The van der Waals surface area contributed by atoms with Crippen LogP contribution in [0.1, 0.15) is 30.2 Å². The summed E-state index contributed by atoms with van der Waals surface area (Å²) >= 11 is 0. The number of fused-ring (bicyclic) bond motifs is 1. The molecule has 2 aromatic heterocycles. The molecule has 174 valence electrons. The average Bonchev–Trinajstić information content (AvgIpc) is 3.44. The maximum Gasteiger partial charge on any atom is 0.205 e. The monoisotopic (exact) mass is 456 g/mol. The molecule has 1 atom stereocenters. The Bertz CT molecular complexity index is 1510. The Morgan fingerprint density at radius 3 is 2.68 bits per heavy atom. The summed E-state index contributed by atoms with van der Waals surface area (Å²) in [6.07, 6.45) is 6.66. The Kier molecular flexibility index (Phi) is 5.57. The SMILES string of the molecule is CON=c1/c(=C/c2ccc(-n3cnc(C)c3)c(OC)c2)[nH]c2n1C(C)(c1ccccc1)CCN=2. The lowest BCUT2D eigenvalue weighted by Gasteiger charge is -2.33. The molecule has 0 saturated heterocycles. The number of rotatable bonds is 5. The molecule has 1 N–H and O–H groups in total. The second-order valence-corrected chi connectivity index (χ2v) is 8.56. The van der Waals surface area contributed by atoms with Crippen molar-refractivity contribution in [3.8, 4) is 11.4 Å². The molecule has 0 aliphatic carbocycles. The van der Waals surface area contributed by atoms with Crippen molar-refractivity contribution in [3.63, 3.8) is 0 Å². The number of nitrogens with zero attached hydrogens (tertiary/aromatic N) is 5. The minimum Gasteiger partial charge on any atom is -0.495 e. The van der Waals surface area contributed by atoms with E-state index in [0.29, 0.717) is 5.49 Å². The summed E-state index contributed by atoms with van der Waals surface area (Å²) in [6.45, 7) is 4.91. The summed E-state index contributed by atoms with van der Waals surface area (Å²) in [5, 5.41) is 5.22. The van der Waals surface area contributed by atoms with Gasteiger partial charge in [-0.15, -0.1) is 0 Å². The molecule has 8 heteroatoms. The first kappa shape index (κ1) is 21.8. The lowest BCUT2D eigenvalue weighted by Crippen LogP contribution is -2.49. The molecule has 0 radical (unpaired) electrons. The number of methoxy groups -OCH3 is 1. The van der Waals surface area contributed by atoms with Gasteiger partial charge in [-0.05, 0) is 49.6 Å². The Balaban J connectivity index is 1.68. The van der Waals surface area contributed by atoms with Gasteiger partial charge in [-0.3, -0.25) is 9.56 Å². The number of H-pyrrole nitrogens is 1. The third-order valence-corrected chi connectivity index (χ3v) is 6.34. The first-order valence-electron chi connectivity index (χ1n) is 11.2. The first-order chi connectivity index (χ1) is 16.5. The lowest BCUT2D eigenvalue weighted by molar-refractivity contribution is 0.188. The summed E-state index contributed by atoms with van der Waals surface area (Å²) in [6, 6.07) is 16.5. The van der Waals surface area contributed by atoms with Crippen LogP contribution in [0, 0.1) is 6.92 Å². The van der Waals surface area contributed by atoms with E-state index in [2.05, 4.69) is 50.9 Å². The molecule has 34 heavy (non-hydrogen) atoms. The van der Waals surface area contributed by atoms with Crippen molar-refractivity contribution in [1.29, 1.82) is 0 Å². The van der Waals surface area contributed by atoms with E-state index in [1.807, 2.05) is 48.0 Å². The van der Waals surface area contributed by atoms with Crippen LogP contribution in [0.5, 0.6) is 5.75 Å². The fraction of sp³-hybridized carbons (Fsp3) is 0.269. The van der Waals surface area contributed by atoms with E-state index in [9.17, 15) is 0 Å². The van der Waals surface area contributed by atoms with Crippen LogP contribution < -0.4 is 21.2 Å². The number of imidazole rings is 2. The van der Waals surface area contributed by atoms with Gasteiger partial charge in [-0.1, -0.05) is 41.6 Å². The molecule has 0 fully saturated rings. The van der Waals surface area contributed by atoms with Crippen molar-refractivity contribution in [1.82, 2.24) is 19.1 Å². The highest BCUT2D eigenvalue weighted by atomic mass is 16.6. The van der Waals surface area contributed by atoms with Crippen molar-refractivity contribution >= 4 is 6.08 Å². The van der Waals surface area contributed by atoms with E-state index < -0.39 is 0 Å².